The lowest BCUT2D eigenvalue weighted by Crippen LogP contribution is -2.57. The third-order valence-corrected chi connectivity index (χ3v) is 2.66. The zero-order chi connectivity index (χ0) is 6.43. The summed E-state index contributed by atoms with van der Waals surface area (Å²) in [4.78, 5) is 2.31. The largest absolute Gasteiger partial charge is 0.392 e. The van der Waals surface area contributed by atoms with Gasteiger partial charge < -0.3 is 10.0 Å². The van der Waals surface area contributed by atoms with Crippen LogP contribution in [0, 0.1) is 11.8 Å². The van der Waals surface area contributed by atoms with Crippen LogP contribution in [0.15, 0.2) is 0 Å². The van der Waals surface area contributed by atoms with Gasteiger partial charge in [0.25, 0.3) is 0 Å². The topological polar surface area (TPSA) is 23.5 Å². The molecular weight excluding hydrogens is 114 g/mol. The molecule has 3 fully saturated rings. The highest BCUT2D eigenvalue weighted by Crippen LogP contribution is 2.38. The first-order valence-electron chi connectivity index (χ1n) is 3.64. The fraction of sp³-hybridized carbons (Fsp3) is 1.00. The number of piperidine rings is 2. The minimum Gasteiger partial charge on any atom is -0.392 e. The van der Waals surface area contributed by atoms with Crippen molar-refractivity contribution in [3.8, 4) is 0 Å². The van der Waals surface area contributed by atoms with E-state index in [0.29, 0.717) is 11.8 Å². The summed E-state index contributed by atoms with van der Waals surface area (Å²) < 4.78 is 0. The molecular formula is C7H13NO. The number of hydrogen-bond acceptors (Lipinski definition) is 2. The van der Waals surface area contributed by atoms with E-state index in [2.05, 4.69) is 11.9 Å². The fourth-order valence-electron chi connectivity index (χ4n) is 2.10. The van der Waals surface area contributed by atoms with E-state index in [4.69, 9.17) is 0 Å². The van der Waals surface area contributed by atoms with Crippen LogP contribution in [0.3, 0.4) is 0 Å². The van der Waals surface area contributed by atoms with Gasteiger partial charge in [0.2, 0.25) is 0 Å². The molecule has 2 aliphatic heterocycles. The lowest BCUT2D eigenvalue weighted by atomic mass is 9.68. The number of aliphatic hydroxyl groups is 1. The summed E-state index contributed by atoms with van der Waals surface area (Å²) >= 11 is 0. The van der Waals surface area contributed by atoms with Crippen molar-refractivity contribution in [1.29, 1.82) is 0 Å². The van der Waals surface area contributed by atoms with Gasteiger partial charge in [-0.2, -0.15) is 0 Å². The van der Waals surface area contributed by atoms with Crippen molar-refractivity contribution in [2.24, 2.45) is 11.8 Å². The predicted octanol–water partition coefficient (Wildman–Crippen LogP) is -0.0712. The van der Waals surface area contributed by atoms with Gasteiger partial charge in [-0.3, -0.25) is 0 Å². The monoisotopic (exact) mass is 127 g/mol. The zero-order valence-electron chi connectivity index (χ0n) is 5.75. The van der Waals surface area contributed by atoms with Crippen LogP contribution < -0.4 is 0 Å². The Kier molecular flexibility index (Phi) is 1.08. The predicted molar refractivity (Wildman–Crippen MR) is 35.1 cm³/mol. The highest BCUT2D eigenvalue weighted by atomic mass is 16.3. The minimum absolute atomic E-state index is 0.0428. The molecule has 0 aromatic heterocycles. The van der Waals surface area contributed by atoms with Crippen LogP contribution in [0.2, 0.25) is 0 Å². The molecule has 2 bridgehead atoms. The first-order chi connectivity index (χ1) is 4.27. The Hall–Kier alpha value is -0.0800. The standard InChI is InChI=1S/C7H13NO/c1-8-3-5-2-6(4-8)7(5)9/h5-7,9H,2-4H2,1H3/t5-,6-/m0/s1. The van der Waals surface area contributed by atoms with E-state index < -0.39 is 0 Å². The van der Waals surface area contributed by atoms with E-state index in [1.807, 2.05) is 0 Å². The summed E-state index contributed by atoms with van der Waals surface area (Å²) in [6.45, 7) is 2.22. The Morgan fingerprint density at radius 2 is 1.89 bits per heavy atom. The summed E-state index contributed by atoms with van der Waals surface area (Å²) in [6, 6.07) is 0. The second kappa shape index (κ2) is 1.70. The molecule has 3 rings (SSSR count). The molecule has 2 nitrogen and oxygen atoms in total. The van der Waals surface area contributed by atoms with Gasteiger partial charge in [0.1, 0.15) is 0 Å². The van der Waals surface area contributed by atoms with Crippen LogP contribution in [0.1, 0.15) is 6.42 Å². The van der Waals surface area contributed by atoms with Crippen molar-refractivity contribution in [2.75, 3.05) is 20.1 Å². The molecule has 0 aromatic rings. The van der Waals surface area contributed by atoms with E-state index in [1.54, 1.807) is 0 Å². The van der Waals surface area contributed by atoms with Gasteiger partial charge in [0.15, 0.2) is 0 Å². The molecule has 0 aromatic carbocycles. The molecule has 2 atom stereocenters. The van der Waals surface area contributed by atoms with Gasteiger partial charge in [-0.1, -0.05) is 0 Å². The molecule has 0 unspecified atom stereocenters. The molecule has 3 aliphatic rings. The maximum atomic E-state index is 9.32. The van der Waals surface area contributed by atoms with Crippen molar-refractivity contribution in [3.63, 3.8) is 0 Å². The molecule has 0 amide bonds. The Labute approximate surface area is 55.5 Å². The highest BCUT2D eigenvalue weighted by Gasteiger charge is 2.44. The van der Waals surface area contributed by atoms with Crippen LogP contribution in [0.25, 0.3) is 0 Å². The second-order valence-electron chi connectivity index (χ2n) is 3.47. The van der Waals surface area contributed by atoms with Crippen LogP contribution in [0.5, 0.6) is 0 Å². The molecule has 2 saturated heterocycles. The first-order valence-corrected chi connectivity index (χ1v) is 3.64. The van der Waals surface area contributed by atoms with Gasteiger partial charge in [0, 0.05) is 13.1 Å². The molecule has 52 valence electrons. The Morgan fingerprint density at radius 3 is 2.22 bits per heavy atom. The lowest BCUT2D eigenvalue weighted by Gasteiger charge is -2.50. The first kappa shape index (κ1) is 5.69. The summed E-state index contributed by atoms with van der Waals surface area (Å²) in [5.41, 5.74) is 0. The molecule has 2 heterocycles. The molecule has 9 heavy (non-hydrogen) atoms. The highest BCUT2D eigenvalue weighted by molar-refractivity contribution is 4.96. The van der Waals surface area contributed by atoms with Crippen LogP contribution >= 0.6 is 0 Å². The van der Waals surface area contributed by atoms with Crippen molar-refractivity contribution >= 4 is 0 Å². The van der Waals surface area contributed by atoms with Gasteiger partial charge >= 0.3 is 0 Å². The summed E-state index contributed by atoms with van der Waals surface area (Å²) in [6.07, 6.45) is 1.31. The van der Waals surface area contributed by atoms with Crippen molar-refractivity contribution < 1.29 is 5.11 Å². The summed E-state index contributed by atoms with van der Waals surface area (Å²) in [7, 11) is 2.13. The Morgan fingerprint density at radius 1 is 1.33 bits per heavy atom. The van der Waals surface area contributed by atoms with E-state index >= 15 is 0 Å². The smallest absolute Gasteiger partial charge is 0.0621 e. The maximum absolute atomic E-state index is 9.32. The Bertz CT molecular complexity index is 114. The van der Waals surface area contributed by atoms with E-state index in [-0.39, 0.29) is 6.10 Å². The second-order valence-corrected chi connectivity index (χ2v) is 3.47. The fourth-order valence-corrected chi connectivity index (χ4v) is 2.10. The normalized spacial score (nSPS) is 50.7. The van der Waals surface area contributed by atoms with Crippen LogP contribution in [-0.2, 0) is 0 Å². The van der Waals surface area contributed by atoms with Crippen LogP contribution in [-0.4, -0.2) is 36.2 Å². The van der Waals surface area contributed by atoms with Crippen molar-refractivity contribution in [3.05, 3.63) is 0 Å². The Balaban J connectivity index is 2.01. The molecule has 1 aliphatic carbocycles. The third kappa shape index (κ3) is 0.700. The van der Waals surface area contributed by atoms with Crippen molar-refractivity contribution in [2.45, 2.75) is 12.5 Å². The number of fused-ring (bicyclic) bond motifs is 2. The maximum Gasteiger partial charge on any atom is 0.0621 e. The average molecular weight is 127 g/mol. The van der Waals surface area contributed by atoms with E-state index in [1.165, 1.54) is 6.42 Å². The number of aliphatic hydroxyl groups excluding tert-OH is 1. The van der Waals surface area contributed by atoms with Gasteiger partial charge in [-0.05, 0) is 25.3 Å². The van der Waals surface area contributed by atoms with Crippen molar-refractivity contribution in [1.82, 2.24) is 4.90 Å². The van der Waals surface area contributed by atoms with Gasteiger partial charge in [-0.25, -0.2) is 0 Å². The van der Waals surface area contributed by atoms with E-state index in [0.717, 1.165) is 13.1 Å². The zero-order valence-corrected chi connectivity index (χ0v) is 5.75. The molecule has 0 spiro atoms. The van der Waals surface area contributed by atoms with Gasteiger partial charge in [0.05, 0.1) is 6.10 Å². The van der Waals surface area contributed by atoms with E-state index in [9.17, 15) is 5.11 Å². The molecule has 1 N–H and O–H groups in total. The summed E-state index contributed by atoms with van der Waals surface area (Å²) in [5.74, 6) is 1.21. The average Bonchev–Trinajstić information content (AvgIpc) is 1.87. The summed E-state index contributed by atoms with van der Waals surface area (Å²) in [5, 5.41) is 9.32. The number of rotatable bonds is 0. The number of nitrogens with zero attached hydrogens (tertiary/aromatic N) is 1. The third-order valence-electron chi connectivity index (χ3n) is 2.66. The SMILES string of the molecule is CN1C[C@@H]2C[C@@H](C1)C2O. The number of hydrogen-bond donors (Lipinski definition) is 1. The van der Waals surface area contributed by atoms with Gasteiger partial charge in [-0.15, -0.1) is 0 Å². The quantitative estimate of drug-likeness (QED) is 0.492. The van der Waals surface area contributed by atoms with Crippen LogP contribution in [0.4, 0.5) is 0 Å². The lowest BCUT2D eigenvalue weighted by molar-refractivity contribution is -0.101. The molecule has 1 saturated carbocycles. The molecule has 0 radical (unpaired) electrons. The molecule has 2 heteroatoms. The minimum atomic E-state index is 0.0428.